The minimum absolute atomic E-state index is 0.178. The van der Waals surface area contributed by atoms with Crippen molar-refractivity contribution in [3.63, 3.8) is 0 Å². The Morgan fingerprint density at radius 3 is 2.16 bits per heavy atom. The number of aromatic carboxylic acids is 1. The number of aryl methyl sites for hydroxylation is 1. The van der Waals surface area contributed by atoms with Gasteiger partial charge in [0.05, 0.1) is 18.2 Å². The molecule has 3 aromatic carbocycles. The van der Waals surface area contributed by atoms with E-state index in [1.54, 1.807) is 36.4 Å². The number of carbonyl (C=O) groups is 2. The second-order valence-electron chi connectivity index (χ2n) is 7.61. The van der Waals surface area contributed by atoms with Crippen molar-refractivity contribution in [2.45, 2.75) is 19.3 Å². The first-order valence-corrected chi connectivity index (χ1v) is 10.4. The van der Waals surface area contributed by atoms with Gasteiger partial charge in [-0.1, -0.05) is 54.6 Å². The molecule has 0 aromatic heterocycles. The van der Waals surface area contributed by atoms with Crippen LogP contribution in [0.4, 0.5) is 0 Å². The smallest absolute Gasteiger partial charge is 0.337 e. The first-order valence-electron chi connectivity index (χ1n) is 10.4. The molecule has 0 radical (unpaired) electrons. The van der Waals surface area contributed by atoms with E-state index in [2.05, 4.69) is 6.08 Å². The lowest BCUT2D eigenvalue weighted by atomic mass is 9.91. The number of carboxylic acids is 1. The van der Waals surface area contributed by atoms with Gasteiger partial charge in [0.15, 0.2) is 0 Å². The molecule has 5 heteroatoms. The highest BCUT2D eigenvalue weighted by atomic mass is 16.5. The lowest BCUT2D eigenvalue weighted by molar-refractivity contribution is 0.0599. The number of benzene rings is 3. The molecule has 0 saturated carbocycles. The predicted molar refractivity (Wildman–Crippen MR) is 124 cm³/mol. The Kier molecular flexibility index (Phi) is 7.81. The van der Waals surface area contributed by atoms with Crippen LogP contribution in [0.5, 0.6) is 5.75 Å². The molecule has 5 nitrogen and oxygen atoms in total. The number of allylic oxidation sites excluding steroid dienone is 1. The third-order valence-electron chi connectivity index (χ3n) is 5.36. The van der Waals surface area contributed by atoms with Crippen LogP contribution in [0, 0.1) is 5.92 Å². The predicted octanol–water partition coefficient (Wildman–Crippen LogP) is 5.38. The van der Waals surface area contributed by atoms with Gasteiger partial charge >= 0.3 is 11.9 Å². The van der Waals surface area contributed by atoms with Gasteiger partial charge in [0.2, 0.25) is 0 Å². The van der Waals surface area contributed by atoms with Gasteiger partial charge in [-0.25, -0.2) is 9.59 Å². The molecule has 2 N–H and O–H groups in total. The number of hydrogen-bond acceptors (Lipinski definition) is 4. The Morgan fingerprint density at radius 2 is 1.53 bits per heavy atom. The number of hydrogen-bond donors (Lipinski definition) is 2. The molecule has 0 spiro atoms. The fourth-order valence-electron chi connectivity index (χ4n) is 3.50. The van der Waals surface area contributed by atoms with Crippen molar-refractivity contribution in [1.29, 1.82) is 0 Å². The van der Waals surface area contributed by atoms with Crippen LogP contribution in [-0.4, -0.2) is 29.3 Å². The Hall–Kier alpha value is -3.86. The Balaban J connectivity index is 1.75. The highest BCUT2D eigenvalue weighted by Crippen LogP contribution is 2.22. The normalized spacial score (nSPS) is 11.9. The minimum Gasteiger partial charge on any atom is -0.507 e. The molecule has 1 atom stereocenters. The summed E-state index contributed by atoms with van der Waals surface area (Å²) in [5.41, 5.74) is 3.69. The van der Waals surface area contributed by atoms with E-state index in [0.29, 0.717) is 5.56 Å². The zero-order chi connectivity index (χ0) is 22.9. The van der Waals surface area contributed by atoms with E-state index in [4.69, 9.17) is 9.84 Å². The first-order chi connectivity index (χ1) is 15.5. The topological polar surface area (TPSA) is 83.8 Å². The molecular weight excluding hydrogens is 404 g/mol. The second kappa shape index (κ2) is 11.0. The zero-order valence-corrected chi connectivity index (χ0v) is 17.9. The van der Waals surface area contributed by atoms with Crippen LogP contribution in [0.15, 0.2) is 78.9 Å². The summed E-state index contributed by atoms with van der Waals surface area (Å²) in [6.07, 6.45) is 6.41. The number of carbonyl (C=O) groups excluding carboxylic acids is 1. The minimum atomic E-state index is -0.935. The average molecular weight is 431 g/mol. The van der Waals surface area contributed by atoms with Crippen LogP contribution in [0.2, 0.25) is 0 Å². The van der Waals surface area contributed by atoms with Gasteiger partial charge in [-0.15, -0.1) is 0 Å². The van der Waals surface area contributed by atoms with Crippen LogP contribution in [0.3, 0.4) is 0 Å². The number of carboxylic acid groups (broad SMARTS) is 1. The second-order valence-corrected chi connectivity index (χ2v) is 7.61. The van der Waals surface area contributed by atoms with Gasteiger partial charge in [0.25, 0.3) is 0 Å². The van der Waals surface area contributed by atoms with Crippen molar-refractivity contribution in [1.82, 2.24) is 0 Å². The van der Waals surface area contributed by atoms with Crippen molar-refractivity contribution in [3.05, 3.63) is 107 Å². The maximum atomic E-state index is 11.7. The van der Waals surface area contributed by atoms with Crippen molar-refractivity contribution < 1.29 is 24.5 Å². The maximum absolute atomic E-state index is 11.7. The molecular formula is C27H26O5. The molecule has 0 bridgehead atoms. The highest BCUT2D eigenvalue weighted by Gasteiger charge is 2.10. The number of rotatable bonds is 9. The molecule has 0 aliphatic carbocycles. The van der Waals surface area contributed by atoms with Gasteiger partial charge in [0, 0.05) is 5.56 Å². The summed E-state index contributed by atoms with van der Waals surface area (Å²) in [5, 5.41) is 19.1. The number of para-hydroxylation sites is 1. The third kappa shape index (κ3) is 6.32. The SMILES string of the molecule is COC(=O)c1ccc(CC(C=Cc2ccccc2O)CCc2ccc(C(=O)O)cc2)cc1. The summed E-state index contributed by atoms with van der Waals surface area (Å²) >= 11 is 0. The van der Waals surface area contributed by atoms with Crippen LogP contribution in [0.1, 0.15) is 43.8 Å². The summed E-state index contributed by atoms with van der Waals surface area (Å²) in [5.74, 6) is -0.889. The van der Waals surface area contributed by atoms with E-state index in [9.17, 15) is 14.7 Å². The van der Waals surface area contributed by atoms with E-state index in [1.807, 2.05) is 42.5 Å². The quantitative estimate of drug-likeness (QED) is 0.445. The molecule has 0 heterocycles. The monoisotopic (exact) mass is 430 g/mol. The van der Waals surface area contributed by atoms with Crippen LogP contribution >= 0.6 is 0 Å². The fraction of sp³-hybridized carbons (Fsp3) is 0.185. The number of aromatic hydroxyl groups is 1. The molecule has 3 aromatic rings. The number of methoxy groups -OCH3 is 1. The lowest BCUT2D eigenvalue weighted by Gasteiger charge is -2.14. The number of phenolic OH excluding ortho intramolecular Hbond substituents is 1. The largest absolute Gasteiger partial charge is 0.507 e. The van der Waals surface area contributed by atoms with E-state index in [-0.39, 0.29) is 23.2 Å². The van der Waals surface area contributed by atoms with Crippen molar-refractivity contribution in [2.24, 2.45) is 5.92 Å². The van der Waals surface area contributed by atoms with E-state index < -0.39 is 5.97 Å². The van der Waals surface area contributed by atoms with Crippen LogP contribution in [0.25, 0.3) is 6.08 Å². The number of phenols is 1. The Bertz CT molecular complexity index is 1080. The van der Waals surface area contributed by atoms with Gasteiger partial charge in [0.1, 0.15) is 5.75 Å². The summed E-state index contributed by atoms with van der Waals surface area (Å²) in [7, 11) is 1.36. The third-order valence-corrected chi connectivity index (χ3v) is 5.36. The van der Waals surface area contributed by atoms with Crippen molar-refractivity contribution in [3.8, 4) is 5.75 Å². The van der Waals surface area contributed by atoms with Crippen molar-refractivity contribution in [2.75, 3.05) is 7.11 Å². The molecule has 0 fully saturated rings. The van der Waals surface area contributed by atoms with E-state index in [0.717, 1.165) is 36.0 Å². The van der Waals surface area contributed by atoms with Crippen LogP contribution in [-0.2, 0) is 17.6 Å². The van der Waals surface area contributed by atoms with Gasteiger partial charge in [-0.3, -0.25) is 0 Å². The number of esters is 1. The lowest BCUT2D eigenvalue weighted by Crippen LogP contribution is -2.05. The summed E-state index contributed by atoms with van der Waals surface area (Å²) in [6.45, 7) is 0. The number of ether oxygens (including phenoxy) is 1. The van der Waals surface area contributed by atoms with E-state index >= 15 is 0 Å². The summed E-state index contributed by atoms with van der Waals surface area (Å²) < 4.78 is 4.76. The van der Waals surface area contributed by atoms with Gasteiger partial charge < -0.3 is 14.9 Å². The van der Waals surface area contributed by atoms with Gasteiger partial charge in [-0.05, 0) is 66.6 Å². The molecule has 32 heavy (non-hydrogen) atoms. The zero-order valence-electron chi connectivity index (χ0n) is 17.9. The molecule has 164 valence electrons. The molecule has 1 unspecified atom stereocenters. The summed E-state index contributed by atoms with van der Waals surface area (Å²) in [4.78, 5) is 22.7. The van der Waals surface area contributed by atoms with Crippen molar-refractivity contribution >= 4 is 18.0 Å². The highest BCUT2D eigenvalue weighted by molar-refractivity contribution is 5.89. The first kappa shape index (κ1) is 22.8. The molecule has 0 amide bonds. The average Bonchev–Trinajstić information content (AvgIpc) is 2.82. The molecule has 3 rings (SSSR count). The Morgan fingerprint density at radius 1 is 0.906 bits per heavy atom. The molecule has 0 saturated heterocycles. The fourth-order valence-corrected chi connectivity index (χ4v) is 3.50. The van der Waals surface area contributed by atoms with Crippen LogP contribution < -0.4 is 0 Å². The Labute approximate surface area is 187 Å². The molecule has 0 aliphatic heterocycles. The standard InChI is InChI=1S/C27H26O5/c1-32-27(31)24-16-11-21(12-17-24)18-20(10-13-22-4-2-3-5-25(22)28)7-6-19-8-14-23(15-9-19)26(29)30/h2-5,8-17,20,28H,6-7,18H2,1H3,(H,29,30). The maximum Gasteiger partial charge on any atom is 0.337 e. The molecule has 0 aliphatic rings. The van der Waals surface area contributed by atoms with Gasteiger partial charge in [-0.2, -0.15) is 0 Å². The van der Waals surface area contributed by atoms with E-state index in [1.165, 1.54) is 7.11 Å². The summed E-state index contributed by atoms with van der Waals surface area (Å²) in [6, 6.07) is 21.5.